The number of rotatable bonds is 5. The summed E-state index contributed by atoms with van der Waals surface area (Å²) in [5, 5.41) is 0. The SMILES string of the molecule is COC(=O)C(N1CCC1=O)P(=O)(OC)OC. The van der Waals surface area contributed by atoms with Crippen LogP contribution < -0.4 is 0 Å². The first-order chi connectivity index (χ1) is 7.50. The summed E-state index contributed by atoms with van der Waals surface area (Å²) >= 11 is 0. The Balaban J connectivity index is 2.99. The Bertz CT molecular complexity index is 335. The third kappa shape index (κ3) is 2.11. The summed E-state index contributed by atoms with van der Waals surface area (Å²) in [6, 6.07) is 0. The molecule has 1 atom stereocenters. The summed E-state index contributed by atoms with van der Waals surface area (Å²) in [7, 11) is -0.230. The normalized spacial score (nSPS) is 17.9. The first kappa shape index (κ1) is 13.2. The van der Waals surface area contributed by atoms with Gasteiger partial charge in [-0.25, -0.2) is 4.79 Å². The molecule has 0 aromatic heterocycles. The largest absolute Gasteiger partial charge is 0.467 e. The van der Waals surface area contributed by atoms with Crippen LogP contribution in [-0.2, 0) is 27.9 Å². The van der Waals surface area contributed by atoms with Gasteiger partial charge in [-0.05, 0) is 0 Å². The van der Waals surface area contributed by atoms with E-state index in [9.17, 15) is 14.2 Å². The topological polar surface area (TPSA) is 82.1 Å². The number of methoxy groups -OCH3 is 1. The van der Waals surface area contributed by atoms with Crippen molar-refractivity contribution in [3.8, 4) is 0 Å². The molecule has 16 heavy (non-hydrogen) atoms. The molecule has 1 amide bonds. The van der Waals surface area contributed by atoms with Crippen molar-refractivity contribution in [2.24, 2.45) is 0 Å². The van der Waals surface area contributed by atoms with Crippen molar-refractivity contribution >= 4 is 19.5 Å². The molecule has 0 aromatic carbocycles. The van der Waals surface area contributed by atoms with Crippen molar-refractivity contribution in [2.45, 2.75) is 12.2 Å². The van der Waals surface area contributed by atoms with Gasteiger partial charge in [-0.2, -0.15) is 0 Å². The van der Waals surface area contributed by atoms with Crippen molar-refractivity contribution in [2.75, 3.05) is 27.9 Å². The summed E-state index contributed by atoms with van der Waals surface area (Å²) in [5.41, 5.74) is 0. The second kappa shape index (κ2) is 4.95. The molecule has 1 fully saturated rings. The number of hydrogen-bond donors (Lipinski definition) is 0. The highest BCUT2D eigenvalue weighted by Crippen LogP contribution is 2.54. The monoisotopic (exact) mass is 251 g/mol. The Hall–Kier alpha value is -0.910. The van der Waals surface area contributed by atoms with Crippen LogP contribution in [0.1, 0.15) is 6.42 Å². The lowest BCUT2D eigenvalue weighted by atomic mass is 10.2. The molecular weight excluding hydrogens is 237 g/mol. The van der Waals surface area contributed by atoms with Crippen LogP contribution in [0, 0.1) is 0 Å². The lowest BCUT2D eigenvalue weighted by Crippen LogP contribution is -2.53. The van der Waals surface area contributed by atoms with E-state index in [1.54, 1.807) is 0 Å². The molecular formula is C8H14NO6P. The van der Waals surface area contributed by atoms with Gasteiger partial charge < -0.3 is 18.7 Å². The van der Waals surface area contributed by atoms with E-state index in [0.717, 1.165) is 26.2 Å². The number of esters is 1. The van der Waals surface area contributed by atoms with Crippen LogP contribution in [0.4, 0.5) is 0 Å². The van der Waals surface area contributed by atoms with Gasteiger partial charge in [-0.15, -0.1) is 0 Å². The number of likely N-dealkylation sites (tertiary alicyclic amines) is 1. The second-order valence-corrected chi connectivity index (χ2v) is 5.44. The number of β-lactam (4-membered cyclic amide) rings is 1. The van der Waals surface area contributed by atoms with E-state index >= 15 is 0 Å². The molecule has 0 spiro atoms. The fraction of sp³-hybridized carbons (Fsp3) is 0.750. The predicted octanol–water partition coefficient (Wildman–Crippen LogP) is 0.204. The third-order valence-corrected chi connectivity index (χ3v) is 4.51. The second-order valence-electron chi connectivity index (χ2n) is 3.14. The molecule has 1 heterocycles. The highest BCUT2D eigenvalue weighted by atomic mass is 31.2. The Morgan fingerprint density at radius 1 is 1.38 bits per heavy atom. The maximum atomic E-state index is 12.1. The number of carbonyl (C=O) groups is 2. The van der Waals surface area contributed by atoms with E-state index in [2.05, 4.69) is 4.74 Å². The van der Waals surface area contributed by atoms with Crippen LogP contribution in [0.2, 0.25) is 0 Å². The van der Waals surface area contributed by atoms with Crippen LogP contribution in [0.3, 0.4) is 0 Å². The molecule has 0 N–H and O–H groups in total. The number of hydrogen-bond acceptors (Lipinski definition) is 6. The van der Waals surface area contributed by atoms with E-state index in [4.69, 9.17) is 9.05 Å². The van der Waals surface area contributed by atoms with Crippen molar-refractivity contribution < 1.29 is 27.9 Å². The molecule has 0 saturated carbocycles. The minimum Gasteiger partial charge on any atom is -0.467 e. The van der Waals surface area contributed by atoms with Crippen LogP contribution >= 0.6 is 7.60 Å². The number of ether oxygens (including phenoxy) is 1. The Morgan fingerprint density at radius 3 is 2.19 bits per heavy atom. The van der Waals surface area contributed by atoms with Gasteiger partial charge in [0.1, 0.15) is 0 Å². The van der Waals surface area contributed by atoms with Crippen LogP contribution in [-0.4, -0.2) is 50.4 Å². The minimum absolute atomic E-state index is 0.273. The van der Waals surface area contributed by atoms with Gasteiger partial charge in [-0.3, -0.25) is 9.36 Å². The van der Waals surface area contributed by atoms with Crippen LogP contribution in [0.5, 0.6) is 0 Å². The Kier molecular flexibility index (Phi) is 4.07. The van der Waals surface area contributed by atoms with Crippen LogP contribution in [0.15, 0.2) is 0 Å². The molecule has 0 aliphatic carbocycles. The van der Waals surface area contributed by atoms with Gasteiger partial charge in [0.15, 0.2) is 0 Å². The van der Waals surface area contributed by atoms with Gasteiger partial charge in [0, 0.05) is 27.2 Å². The number of amides is 1. The minimum atomic E-state index is -3.69. The average Bonchev–Trinajstić information content (AvgIpc) is 2.31. The Labute approximate surface area is 93.2 Å². The van der Waals surface area contributed by atoms with E-state index in [0.29, 0.717) is 13.0 Å². The quantitative estimate of drug-likeness (QED) is 0.394. The molecule has 1 saturated heterocycles. The molecule has 7 nitrogen and oxygen atoms in total. The summed E-state index contributed by atoms with van der Waals surface area (Å²) in [5.74, 6) is -2.39. The van der Waals surface area contributed by atoms with Crippen molar-refractivity contribution in [3.05, 3.63) is 0 Å². The van der Waals surface area contributed by atoms with E-state index in [1.807, 2.05) is 0 Å². The van der Waals surface area contributed by atoms with Gasteiger partial charge in [0.25, 0.3) is 0 Å². The predicted molar refractivity (Wildman–Crippen MR) is 53.8 cm³/mol. The molecule has 92 valence electrons. The number of carbonyl (C=O) groups excluding carboxylic acids is 2. The molecule has 0 radical (unpaired) electrons. The van der Waals surface area contributed by atoms with E-state index in [1.165, 1.54) is 0 Å². The van der Waals surface area contributed by atoms with Crippen LogP contribution in [0.25, 0.3) is 0 Å². The highest BCUT2D eigenvalue weighted by Gasteiger charge is 2.49. The van der Waals surface area contributed by atoms with Gasteiger partial charge in [-0.1, -0.05) is 0 Å². The van der Waals surface area contributed by atoms with Crippen molar-refractivity contribution in [1.29, 1.82) is 0 Å². The van der Waals surface area contributed by atoms with E-state index in [-0.39, 0.29) is 5.91 Å². The molecule has 8 heteroatoms. The Morgan fingerprint density at radius 2 is 1.94 bits per heavy atom. The third-order valence-electron chi connectivity index (χ3n) is 2.40. The summed E-state index contributed by atoms with van der Waals surface area (Å²) in [4.78, 5) is 23.9. The zero-order chi connectivity index (χ0) is 12.3. The lowest BCUT2D eigenvalue weighted by Gasteiger charge is -2.38. The van der Waals surface area contributed by atoms with E-state index < -0.39 is 19.3 Å². The fourth-order valence-electron chi connectivity index (χ4n) is 1.40. The highest BCUT2D eigenvalue weighted by molar-refractivity contribution is 7.55. The van der Waals surface area contributed by atoms with Gasteiger partial charge in [0.05, 0.1) is 7.11 Å². The first-order valence-electron chi connectivity index (χ1n) is 4.58. The maximum Gasteiger partial charge on any atom is 0.364 e. The summed E-state index contributed by atoms with van der Waals surface area (Å²) in [6.07, 6.45) is 0.320. The zero-order valence-corrected chi connectivity index (χ0v) is 10.2. The lowest BCUT2D eigenvalue weighted by molar-refractivity contribution is -0.155. The smallest absolute Gasteiger partial charge is 0.364 e. The van der Waals surface area contributed by atoms with Crippen molar-refractivity contribution in [3.63, 3.8) is 0 Å². The fourth-order valence-corrected chi connectivity index (χ4v) is 2.90. The molecule has 0 bridgehead atoms. The first-order valence-corrected chi connectivity index (χ1v) is 6.20. The molecule has 1 aliphatic rings. The van der Waals surface area contributed by atoms with Crippen molar-refractivity contribution in [1.82, 2.24) is 4.90 Å². The maximum absolute atomic E-state index is 12.1. The molecule has 1 unspecified atom stereocenters. The summed E-state index contributed by atoms with van der Waals surface area (Å²) in [6.45, 7) is 0.343. The zero-order valence-electron chi connectivity index (χ0n) is 9.34. The molecule has 0 aromatic rings. The number of nitrogens with zero attached hydrogens (tertiary/aromatic N) is 1. The molecule has 1 aliphatic heterocycles. The van der Waals surface area contributed by atoms with Gasteiger partial charge >= 0.3 is 13.6 Å². The standard InChI is InChI=1S/C8H14NO6P/c1-13-8(11)7(9-5-4-6(9)10)16(12,14-2)15-3/h7H,4-5H2,1-3H3. The summed E-state index contributed by atoms with van der Waals surface area (Å²) < 4.78 is 26.0. The van der Waals surface area contributed by atoms with Gasteiger partial charge in [0.2, 0.25) is 11.7 Å². The average molecular weight is 251 g/mol. The molecule has 1 rings (SSSR count).